The maximum absolute atomic E-state index is 13.3. The van der Waals surface area contributed by atoms with Crippen LogP contribution in [0.3, 0.4) is 0 Å². The number of nitrogens with zero attached hydrogens (tertiary/aromatic N) is 2. The number of rotatable bonds is 9. The zero-order valence-corrected chi connectivity index (χ0v) is 20.3. The summed E-state index contributed by atoms with van der Waals surface area (Å²) in [4.78, 5) is 31.1. The van der Waals surface area contributed by atoms with Gasteiger partial charge < -0.3 is 13.9 Å². The Bertz CT molecular complexity index is 1300. The van der Waals surface area contributed by atoms with Crippen molar-refractivity contribution in [1.82, 2.24) is 0 Å². The molecule has 0 spiro atoms. The second-order valence-electron chi connectivity index (χ2n) is 7.55. The average Bonchev–Trinajstić information content (AvgIpc) is 3.47. The highest BCUT2D eigenvalue weighted by molar-refractivity contribution is 8.13. The minimum atomic E-state index is -2.95. The molecule has 0 atom stereocenters. The van der Waals surface area contributed by atoms with Crippen LogP contribution >= 0.6 is 11.8 Å². The van der Waals surface area contributed by atoms with Crippen molar-refractivity contribution in [2.45, 2.75) is 26.2 Å². The van der Waals surface area contributed by atoms with E-state index in [1.807, 2.05) is 6.92 Å². The van der Waals surface area contributed by atoms with Crippen LogP contribution in [0.2, 0.25) is 0 Å². The molecular formula is C26H22F2N2O5S. The number of carbonyl (C=O) groups excluding carboxylic acids is 2. The van der Waals surface area contributed by atoms with E-state index in [0.717, 1.165) is 5.56 Å². The SMILES string of the molecule is CCOc1ccc(C(C)=O)cc1CSC1=NC(=Cc2ccco2)C(=O)N1c1ccc(OC(F)F)cc1. The van der Waals surface area contributed by atoms with E-state index in [9.17, 15) is 18.4 Å². The van der Waals surface area contributed by atoms with Crippen molar-refractivity contribution in [3.8, 4) is 11.5 Å². The quantitative estimate of drug-likeness (QED) is 0.252. The minimum Gasteiger partial charge on any atom is -0.494 e. The second-order valence-corrected chi connectivity index (χ2v) is 8.50. The number of hydrogen-bond acceptors (Lipinski definition) is 7. The van der Waals surface area contributed by atoms with Gasteiger partial charge in [-0.15, -0.1) is 0 Å². The number of anilines is 1. The molecule has 36 heavy (non-hydrogen) atoms. The number of ketones is 1. The molecule has 1 aliphatic rings. The van der Waals surface area contributed by atoms with Crippen LogP contribution in [0.15, 0.2) is 76.0 Å². The number of thioether (sulfide) groups is 1. The number of alkyl halides is 2. The van der Waals surface area contributed by atoms with Crippen molar-refractivity contribution in [3.05, 3.63) is 83.4 Å². The van der Waals surface area contributed by atoms with Gasteiger partial charge in [-0.05, 0) is 68.4 Å². The summed E-state index contributed by atoms with van der Waals surface area (Å²) in [5.41, 5.74) is 1.90. The van der Waals surface area contributed by atoms with Gasteiger partial charge in [0, 0.05) is 23.0 Å². The highest BCUT2D eigenvalue weighted by Crippen LogP contribution is 2.34. The van der Waals surface area contributed by atoms with E-state index in [1.54, 1.807) is 30.3 Å². The molecule has 4 rings (SSSR count). The van der Waals surface area contributed by atoms with Crippen LogP contribution in [0.4, 0.5) is 14.5 Å². The predicted molar refractivity (Wildman–Crippen MR) is 134 cm³/mol. The molecule has 0 aliphatic carbocycles. The van der Waals surface area contributed by atoms with Gasteiger partial charge in [0.15, 0.2) is 11.0 Å². The maximum atomic E-state index is 13.3. The summed E-state index contributed by atoms with van der Waals surface area (Å²) in [6.45, 7) is 0.849. The number of aliphatic imine (C=N–C) groups is 1. The maximum Gasteiger partial charge on any atom is 0.387 e. The molecule has 0 fully saturated rings. The number of ether oxygens (including phenoxy) is 2. The largest absolute Gasteiger partial charge is 0.494 e. The number of halogens is 2. The molecule has 0 radical (unpaired) electrons. The number of amides is 1. The molecule has 186 valence electrons. The van der Waals surface area contributed by atoms with Gasteiger partial charge in [-0.25, -0.2) is 4.99 Å². The van der Waals surface area contributed by atoms with Gasteiger partial charge in [0.1, 0.15) is 23.0 Å². The van der Waals surface area contributed by atoms with Crippen LogP contribution in [0, 0.1) is 0 Å². The summed E-state index contributed by atoms with van der Waals surface area (Å²) in [7, 11) is 0. The average molecular weight is 513 g/mol. The van der Waals surface area contributed by atoms with Gasteiger partial charge >= 0.3 is 6.61 Å². The third-order valence-corrected chi connectivity index (χ3v) is 6.08. The van der Waals surface area contributed by atoms with Gasteiger partial charge in [-0.3, -0.25) is 14.5 Å². The normalized spacial score (nSPS) is 14.5. The van der Waals surface area contributed by atoms with Crippen molar-refractivity contribution in [2.75, 3.05) is 11.5 Å². The number of benzene rings is 2. The number of carbonyl (C=O) groups is 2. The highest BCUT2D eigenvalue weighted by Gasteiger charge is 2.32. The lowest BCUT2D eigenvalue weighted by atomic mass is 10.1. The molecule has 10 heteroatoms. The number of amidine groups is 1. The fraction of sp³-hybridized carbons (Fsp3) is 0.192. The van der Waals surface area contributed by atoms with Gasteiger partial charge in [0.05, 0.1) is 18.6 Å². The van der Waals surface area contributed by atoms with Gasteiger partial charge in [0.2, 0.25) is 0 Å². The lowest BCUT2D eigenvalue weighted by Crippen LogP contribution is -2.30. The Balaban J connectivity index is 1.65. The molecule has 0 unspecified atom stereocenters. The van der Waals surface area contributed by atoms with E-state index in [0.29, 0.717) is 40.3 Å². The van der Waals surface area contributed by atoms with Gasteiger partial charge in [-0.2, -0.15) is 8.78 Å². The van der Waals surface area contributed by atoms with Crippen LogP contribution in [0.5, 0.6) is 11.5 Å². The van der Waals surface area contributed by atoms with E-state index < -0.39 is 12.5 Å². The number of Topliss-reactive ketones (excluding diaryl/α,β-unsaturated/α-hetero) is 1. The Labute approximate surface area is 210 Å². The van der Waals surface area contributed by atoms with Crippen LogP contribution in [0.1, 0.15) is 35.5 Å². The molecular weight excluding hydrogens is 490 g/mol. The van der Waals surface area contributed by atoms with E-state index in [4.69, 9.17) is 9.15 Å². The number of furan rings is 1. The van der Waals surface area contributed by atoms with E-state index in [1.165, 1.54) is 60.2 Å². The zero-order valence-electron chi connectivity index (χ0n) is 19.4. The predicted octanol–water partition coefficient (Wildman–Crippen LogP) is 6.16. The first-order chi connectivity index (χ1) is 17.4. The molecule has 1 amide bonds. The minimum absolute atomic E-state index is 0.0275. The Kier molecular flexibility index (Phi) is 7.84. The van der Waals surface area contributed by atoms with Crippen LogP contribution in [-0.2, 0) is 10.5 Å². The van der Waals surface area contributed by atoms with Crippen molar-refractivity contribution in [2.24, 2.45) is 4.99 Å². The summed E-state index contributed by atoms with van der Waals surface area (Å²) in [6.07, 6.45) is 3.02. The van der Waals surface area contributed by atoms with Crippen molar-refractivity contribution in [3.63, 3.8) is 0 Å². The molecule has 7 nitrogen and oxygen atoms in total. The first-order valence-corrected chi connectivity index (χ1v) is 12.0. The summed E-state index contributed by atoms with van der Waals surface area (Å²) in [5, 5.41) is 0.371. The van der Waals surface area contributed by atoms with E-state index in [-0.39, 0.29) is 17.2 Å². The zero-order chi connectivity index (χ0) is 25.7. The standard InChI is InChI=1S/C26H22F2N2O5S/c1-3-33-23-11-6-17(16(2)31)13-18(23)15-36-26-29-22(14-21-5-4-12-34-21)24(32)30(26)19-7-9-20(10-8-19)35-25(27)28/h4-14,25H,3,15H2,1-2H3. The van der Waals surface area contributed by atoms with Crippen LogP contribution in [0.25, 0.3) is 6.08 Å². The second kappa shape index (κ2) is 11.2. The third kappa shape index (κ3) is 5.83. The molecule has 0 saturated carbocycles. The Morgan fingerprint density at radius 2 is 1.97 bits per heavy atom. The van der Waals surface area contributed by atoms with Crippen LogP contribution in [-0.4, -0.2) is 30.1 Å². The Morgan fingerprint density at radius 3 is 2.61 bits per heavy atom. The summed E-state index contributed by atoms with van der Waals surface area (Å²) >= 11 is 1.28. The van der Waals surface area contributed by atoms with Gasteiger partial charge in [0.25, 0.3) is 5.91 Å². The molecule has 0 bridgehead atoms. The van der Waals surface area contributed by atoms with E-state index >= 15 is 0 Å². The molecule has 1 aliphatic heterocycles. The van der Waals surface area contributed by atoms with Crippen LogP contribution < -0.4 is 14.4 Å². The lowest BCUT2D eigenvalue weighted by Gasteiger charge is -2.19. The molecule has 0 saturated heterocycles. The summed E-state index contributed by atoms with van der Waals surface area (Å²) in [6, 6.07) is 14.3. The third-order valence-electron chi connectivity index (χ3n) is 5.10. The summed E-state index contributed by atoms with van der Waals surface area (Å²) in [5.74, 6) is 0.945. The molecule has 0 N–H and O–H groups in total. The Hall–Kier alpha value is -3.92. The van der Waals surface area contributed by atoms with Gasteiger partial charge in [-0.1, -0.05) is 11.8 Å². The molecule has 2 heterocycles. The molecule has 1 aromatic heterocycles. The number of hydrogen-bond donors (Lipinski definition) is 0. The van der Waals surface area contributed by atoms with Crippen molar-refractivity contribution in [1.29, 1.82) is 0 Å². The highest BCUT2D eigenvalue weighted by atomic mass is 32.2. The fourth-order valence-corrected chi connectivity index (χ4v) is 4.45. The van der Waals surface area contributed by atoms with E-state index in [2.05, 4.69) is 9.73 Å². The lowest BCUT2D eigenvalue weighted by molar-refractivity contribution is -0.113. The topological polar surface area (TPSA) is 81.3 Å². The van der Waals surface area contributed by atoms with Crippen molar-refractivity contribution < 1.29 is 32.3 Å². The Morgan fingerprint density at radius 1 is 1.19 bits per heavy atom. The molecule has 2 aromatic carbocycles. The fourth-order valence-electron chi connectivity index (χ4n) is 3.46. The molecule has 3 aromatic rings. The monoisotopic (exact) mass is 512 g/mol. The smallest absolute Gasteiger partial charge is 0.387 e. The first kappa shape index (κ1) is 25.2. The first-order valence-electron chi connectivity index (χ1n) is 11.0. The summed E-state index contributed by atoms with van der Waals surface area (Å²) < 4.78 is 40.5. The van der Waals surface area contributed by atoms with Crippen molar-refractivity contribution >= 4 is 40.4 Å².